The van der Waals surface area contributed by atoms with Gasteiger partial charge in [0, 0.05) is 21.9 Å². The molecule has 3 aromatic heterocycles. The molecule has 3 aromatic rings. The molecule has 0 N–H and O–H groups in total. The molecule has 0 radical (unpaired) electrons. The van der Waals surface area contributed by atoms with Crippen molar-refractivity contribution in [1.82, 2.24) is 15.0 Å². The number of halogens is 1. The number of rotatable bonds is 5. The summed E-state index contributed by atoms with van der Waals surface area (Å²) < 4.78 is 1.17. The van der Waals surface area contributed by atoms with Gasteiger partial charge in [0.1, 0.15) is 16.2 Å². The van der Waals surface area contributed by atoms with Crippen molar-refractivity contribution >= 4 is 55.1 Å². The molecule has 1 aliphatic rings. The van der Waals surface area contributed by atoms with E-state index in [0.29, 0.717) is 0 Å². The van der Waals surface area contributed by atoms with Gasteiger partial charge in [0.05, 0.1) is 10.2 Å². The lowest BCUT2D eigenvalue weighted by Crippen LogP contribution is -2.09. The van der Waals surface area contributed by atoms with Crippen molar-refractivity contribution in [1.29, 1.82) is 0 Å². The predicted molar refractivity (Wildman–Crippen MR) is 114 cm³/mol. The van der Waals surface area contributed by atoms with Crippen molar-refractivity contribution in [3.05, 3.63) is 34.3 Å². The standard InChI is InChI=1S/C20H22ClN3S2/c1-3-6-15-13-7-4-5-8-14(13)16-17-18(26-19(16)24-15)20(23-11-22-17)25-10-9-12(2)21/h9,11H,3-8,10H2,1-2H3/b12-9-. The van der Waals surface area contributed by atoms with E-state index in [1.54, 1.807) is 29.4 Å². The van der Waals surface area contributed by atoms with Crippen LogP contribution in [-0.2, 0) is 19.3 Å². The molecule has 6 heteroatoms. The molecule has 1 aliphatic carbocycles. The number of pyridine rings is 1. The van der Waals surface area contributed by atoms with Crippen LogP contribution in [0.5, 0.6) is 0 Å². The fraction of sp³-hybridized carbons (Fsp3) is 0.450. The van der Waals surface area contributed by atoms with Crippen molar-refractivity contribution in [3.8, 4) is 0 Å². The molecule has 3 nitrogen and oxygen atoms in total. The van der Waals surface area contributed by atoms with Crippen LogP contribution in [0.25, 0.3) is 20.4 Å². The third kappa shape index (κ3) is 3.37. The maximum atomic E-state index is 5.96. The molecule has 0 saturated carbocycles. The number of thiophene rings is 1. The molecular weight excluding hydrogens is 382 g/mol. The number of hydrogen-bond donors (Lipinski definition) is 0. The summed E-state index contributed by atoms with van der Waals surface area (Å²) >= 11 is 9.43. The fourth-order valence-corrected chi connectivity index (χ4v) is 6.07. The Bertz CT molecular complexity index is 990. The third-order valence-electron chi connectivity index (χ3n) is 4.85. The Balaban J connectivity index is 1.89. The van der Waals surface area contributed by atoms with Crippen LogP contribution < -0.4 is 0 Å². The molecule has 0 saturated heterocycles. The first-order valence-electron chi connectivity index (χ1n) is 9.22. The maximum Gasteiger partial charge on any atom is 0.126 e. The zero-order chi connectivity index (χ0) is 18.1. The van der Waals surface area contributed by atoms with E-state index >= 15 is 0 Å². The van der Waals surface area contributed by atoms with E-state index in [1.807, 2.05) is 13.0 Å². The van der Waals surface area contributed by atoms with Gasteiger partial charge in [-0.15, -0.1) is 23.1 Å². The Hall–Kier alpha value is -1.17. The predicted octanol–water partition coefficient (Wildman–Crippen LogP) is 6.31. The number of nitrogens with zero attached hydrogens (tertiary/aromatic N) is 3. The summed E-state index contributed by atoms with van der Waals surface area (Å²) in [6.07, 6.45) is 10.8. The molecule has 0 unspecified atom stereocenters. The van der Waals surface area contributed by atoms with E-state index in [1.165, 1.54) is 39.7 Å². The van der Waals surface area contributed by atoms with Gasteiger partial charge in [0.25, 0.3) is 0 Å². The van der Waals surface area contributed by atoms with E-state index in [4.69, 9.17) is 16.6 Å². The Kier molecular flexibility index (Phi) is 5.48. The van der Waals surface area contributed by atoms with Gasteiger partial charge in [0.15, 0.2) is 0 Å². The van der Waals surface area contributed by atoms with Crippen molar-refractivity contribution in [2.45, 2.75) is 57.4 Å². The van der Waals surface area contributed by atoms with E-state index in [9.17, 15) is 0 Å². The first kappa shape index (κ1) is 18.2. The lowest BCUT2D eigenvalue weighted by Gasteiger charge is -2.19. The van der Waals surface area contributed by atoms with Crippen LogP contribution in [0.1, 0.15) is 49.9 Å². The van der Waals surface area contributed by atoms with Crippen LogP contribution in [-0.4, -0.2) is 20.7 Å². The summed E-state index contributed by atoms with van der Waals surface area (Å²) in [4.78, 5) is 15.4. The molecule has 0 amide bonds. The minimum Gasteiger partial charge on any atom is -0.242 e. The van der Waals surface area contributed by atoms with Gasteiger partial charge in [-0.25, -0.2) is 15.0 Å². The van der Waals surface area contributed by atoms with Crippen LogP contribution in [0.3, 0.4) is 0 Å². The van der Waals surface area contributed by atoms with Crippen LogP contribution in [0, 0.1) is 0 Å². The molecule has 0 aliphatic heterocycles. The lowest BCUT2D eigenvalue weighted by atomic mass is 9.88. The highest BCUT2D eigenvalue weighted by Gasteiger charge is 2.22. The largest absolute Gasteiger partial charge is 0.242 e. The van der Waals surface area contributed by atoms with Crippen molar-refractivity contribution in [3.63, 3.8) is 0 Å². The van der Waals surface area contributed by atoms with Gasteiger partial charge >= 0.3 is 0 Å². The Morgan fingerprint density at radius 1 is 1.27 bits per heavy atom. The zero-order valence-corrected chi connectivity index (χ0v) is 17.5. The maximum absolute atomic E-state index is 5.96. The molecule has 0 fully saturated rings. The van der Waals surface area contributed by atoms with Crippen LogP contribution >= 0.6 is 34.7 Å². The van der Waals surface area contributed by atoms with E-state index in [2.05, 4.69) is 16.9 Å². The Labute approximate surface area is 167 Å². The van der Waals surface area contributed by atoms with Crippen LogP contribution in [0.2, 0.25) is 0 Å². The minimum atomic E-state index is 0.819. The molecule has 0 aromatic carbocycles. The fourth-order valence-electron chi connectivity index (χ4n) is 3.70. The average molecular weight is 404 g/mol. The summed E-state index contributed by atoms with van der Waals surface area (Å²) in [5, 5.41) is 3.14. The van der Waals surface area contributed by atoms with Gasteiger partial charge in [-0.1, -0.05) is 31.0 Å². The molecule has 4 rings (SSSR count). The van der Waals surface area contributed by atoms with Crippen molar-refractivity contribution in [2.75, 3.05) is 5.75 Å². The topological polar surface area (TPSA) is 38.7 Å². The SMILES string of the molecule is CCCc1nc2sc3c(SC/C=C(/C)Cl)ncnc3c2c2c1CCCC2. The average Bonchev–Trinajstić information content (AvgIpc) is 3.01. The highest BCUT2D eigenvalue weighted by atomic mass is 35.5. The first-order valence-corrected chi connectivity index (χ1v) is 11.4. The summed E-state index contributed by atoms with van der Waals surface area (Å²) in [7, 11) is 0. The van der Waals surface area contributed by atoms with Gasteiger partial charge in [0.2, 0.25) is 0 Å². The second kappa shape index (κ2) is 7.83. The van der Waals surface area contributed by atoms with Crippen LogP contribution in [0.15, 0.2) is 22.5 Å². The lowest BCUT2D eigenvalue weighted by molar-refractivity contribution is 0.675. The molecule has 3 heterocycles. The second-order valence-electron chi connectivity index (χ2n) is 6.71. The number of hydrogen-bond acceptors (Lipinski definition) is 5. The zero-order valence-electron chi connectivity index (χ0n) is 15.1. The molecule has 26 heavy (non-hydrogen) atoms. The van der Waals surface area contributed by atoms with Crippen molar-refractivity contribution in [2.24, 2.45) is 0 Å². The molecule has 0 bridgehead atoms. The number of aryl methyl sites for hydroxylation is 2. The Morgan fingerprint density at radius 2 is 2.08 bits per heavy atom. The molecule has 0 atom stereocenters. The molecule has 136 valence electrons. The smallest absolute Gasteiger partial charge is 0.126 e. The Morgan fingerprint density at radius 3 is 2.85 bits per heavy atom. The number of thioether (sulfide) groups is 1. The highest BCUT2D eigenvalue weighted by molar-refractivity contribution is 7.99. The summed E-state index contributed by atoms with van der Waals surface area (Å²) in [6, 6.07) is 0. The molecular formula is C20H22ClN3S2. The first-order chi connectivity index (χ1) is 12.7. The van der Waals surface area contributed by atoms with E-state index in [-0.39, 0.29) is 0 Å². The normalized spacial score (nSPS) is 15.0. The third-order valence-corrected chi connectivity index (χ3v) is 7.13. The quantitative estimate of drug-likeness (QED) is 0.369. The number of fused-ring (bicyclic) bond motifs is 5. The second-order valence-corrected chi connectivity index (χ2v) is 9.32. The van der Waals surface area contributed by atoms with Gasteiger partial charge in [-0.2, -0.15) is 0 Å². The van der Waals surface area contributed by atoms with Crippen molar-refractivity contribution < 1.29 is 0 Å². The highest BCUT2D eigenvalue weighted by Crippen LogP contribution is 2.41. The number of allylic oxidation sites excluding steroid dienone is 1. The summed E-state index contributed by atoms with van der Waals surface area (Å²) in [5.41, 5.74) is 5.40. The number of aromatic nitrogens is 3. The molecule has 0 spiro atoms. The summed E-state index contributed by atoms with van der Waals surface area (Å²) in [6.45, 7) is 4.14. The van der Waals surface area contributed by atoms with Crippen LogP contribution in [0.4, 0.5) is 0 Å². The monoisotopic (exact) mass is 403 g/mol. The van der Waals surface area contributed by atoms with Gasteiger partial charge < -0.3 is 0 Å². The van der Waals surface area contributed by atoms with E-state index in [0.717, 1.165) is 51.8 Å². The van der Waals surface area contributed by atoms with Gasteiger partial charge in [-0.3, -0.25) is 0 Å². The van der Waals surface area contributed by atoms with Gasteiger partial charge in [-0.05, 0) is 50.2 Å². The minimum absolute atomic E-state index is 0.819. The van der Waals surface area contributed by atoms with E-state index < -0.39 is 0 Å². The summed E-state index contributed by atoms with van der Waals surface area (Å²) in [5.74, 6) is 0.822.